The molecule has 0 aliphatic carbocycles. The molecule has 0 radical (unpaired) electrons. The second kappa shape index (κ2) is 13.4. The molecule has 0 bridgehead atoms. The number of rotatable bonds is 8. The van der Waals surface area contributed by atoms with Gasteiger partial charge in [0.25, 0.3) is 5.56 Å². The number of aromatic nitrogens is 3. The summed E-state index contributed by atoms with van der Waals surface area (Å²) in [5, 5.41) is 4.97. The van der Waals surface area contributed by atoms with Crippen LogP contribution in [-0.2, 0) is 6.54 Å². The zero-order valence-corrected chi connectivity index (χ0v) is 27.2. The second-order valence-corrected chi connectivity index (χ2v) is 12.2. The van der Waals surface area contributed by atoms with Gasteiger partial charge in [0, 0.05) is 89.5 Å². The summed E-state index contributed by atoms with van der Waals surface area (Å²) < 4.78 is 1.74. The van der Waals surface area contributed by atoms with Crippen LogP contribution in [0.3, 0.4) is 0 Å². The topological polar surface area (TPSA) is 78.7 Å². The molecule has 4 heterocycles. The van der Waals surface area contributed by atoms with E-state index in [0.717, 1.165) is 61.3 Å². The lowest BCUT2D eigenvalue weighted by Crippen LogP contribution is -2.48. The fourth-order valence-electron chi connectivity index (χ4n) is 6.09. The van der Waals surface area contributed by atoms with Gasteiger partial charge in [-0.05, 0) is 81.7 Å². The molecule has 8 nitrogen and oxygen atoms in total. The first-order chi connectivity index (χ1) is 21.9. The van der Waals surface area contributed by atoms with Crippen molar-refractivity contribution in [3.05, 3.63) is 104 Å². The van der Waals surface area contributed by atoms with Gasteiger partial charge in [0.15, 0.2) is 5.82 Å². The lowest BCUT2D eigenvalue weighted by molar-refractivity contribution is 0.209. The van der Waals surface area contributed by atoms with E-state index in [-0.39, 0.29) is 5.56 Å². The smallest absolute Gasteiger partial charge is 0.260 e. The van der Waals surface area contributed by atoms with E-state index in [1.165, 1.54) is 11.3 Å². The summed E-state index contributed by atoms with van der Waals surface area (Å²) >= 11 is 6.77. The standard InChI is InChI=1S/C36H40ClN7O/c1-5-25-8-9-27-22-31(30-15-10-26(23-32(30)37)33-38-16-7-17-39-33)36(45)44(6-2)35(27)41-34(25)40-28-11-13-29(14-12-28)43-20-18-42(19-21-43)24(3)4/h7,9-17,22-24,40H,5-6,8,18-21H2,1-4H3. The van der Waals surface area contributed by atoms with Gasteiger partial charge in [0.2, 0.25) is 0 Å². The van der Waals surface area contributed by atoms with Crippen LogP contribution in [0, 0.1) is 0 Å². The van der Waals surface area contributed by atoms with Gasteiger partial charge in [0.1, 0.15) is 11.3 Å². The van der Waals surface area contributed by atoms with Gasteiger partial charge in [-0.3, -0.25) is 14.3 Å². The Morgan fingerprint density at radius 1 is 0.933 bits per heavy atom. The van der Waals surface area contributed by atoms with E-state index in [2.05, 4.69) is 76.2 Å². The molecular weight excluding hydrogens is 582 g/mol. The van der Waals surface area contributed by atoms with E-state index in [0.29, 0.717) is 40.0 Å². The number of hydrogen-bond donors (Lipinski definition) is 1. The fourth-order valence-corrected chi connectivity index (χ4v) is 6.38. The Morgan fingerprint density at radius 2 is 1.67 bits per heavy atom. The number of pyridine rings is 1. The predicted molar refractivity (Wildman–Crippen MR) is 184 cm³/mol. The Balaban J connectivity index is 1.31. The van der Waals surface area contributed by atoms with Crippen LogP contribution in [0.5, 0.6) is 0 Å². The van der Waals surface area contributed by atoms with Crippen molar-refractivity contribution < 1.29 is 0 Å². The largest absolute Gasteiger partial charge is 0.369 e. The highest BCUT2D eigenvalue weighted by atomic mass is 35.5. The molecule has 1 saturated heterocycles. The van der Waals surface area contributed by atoms with E-state index in [1.807, 2.05) is 31.2 Å². The Kier molecular flexibility index (Phi) is 9.14. The lowest BCUT2D eigenvalue weighted by atomic mass is 10.0. The molecule has 45 heavy (non-hydrogen) atoms. The summed E-state index contributed by atoms with van der Waals surface area (Å²) in [6.45, 7) is 13.4. The number of hydrogen-bond acceptors (Lipinski definition) is 7. The number of nitrogens with one attached hydrogen (secondary N) is 1. The van der Waals surface area contributed by atoms with E-state index in [9.17, 15) is 4.79 Å². The normalized spacial score (nSPS) is 15.4. The zero-order chi connectivity index (χ0) is 31.5. The van der Waals surface area contributed by atoms with Crippen molar-refractivity contribution in [3.8, 4) is 22.5 Å². The average molecular weight is 622 g/mol. The van der Waals surface area contributed by atoms with Gasteiger partial charge < -0.3 is 10.2 Å². The minimum absolute atomic E-state index is 0.125. The molecule has 0 unspecified atom stereocenters. The maximum absolute atomic E-state index is 13.9. The Labute approximate surface area is 269 Å². The number of nitrogens with zero attached hydrogens (tertiary/aromatic N) is 6. The van der Waals surface area contributed by atoms with E-state index >= 15 is 0 Å². The van der Waals surface area contributed by atoms with E-state index in [4.69, 9.17) is 16.6 Å². The average Bonchev–Trinajstić information content (AvgIpc) is 3.24. The van der Waals surface area contributed by atoms with Crippen molar-refractivity contribution in [2.75, 3.05) is 36.4 Å². The minimum atomic E-state index is -0.125. The maximum atomic E-state index is 13.9. The molecule has 6 rings (SSSR count). The molecule has 0 saturated carbocycles. The highest BCUT2D eigenvalue weighted by Gasteiger charge is 2.20. The molecule has 2 aliphatic rings. The second-order valence-electron chi connectivity index (χ2n) is 11.8. The molecule has 2 aromatic carbocycles. The summed E-state index contributed by atoms with van der Waals surface area (Å²) in [6, 6.07) is 18.5. The highest BCUT2D eigenvalue weighted by molar-refractivity contribution is 6.33. The molecule has 1 N–H and O–H groups in total. The first kappa shape index (κ1) is 30.7. The third-order valence-electron chi connectivity index (χ3n) is 8.78. The monoisotopic (exact) mass is 621 g/mol. The first-order valence-electron chi connectivity index (χ1n) is 15.8. The number of fused-ring (bicyclic) bond motifs is 1. The number of benzene rings is 2. The van der Waals surface area contributed by atoms with Crippen LogP contribution in [-0.4, -0.2) is 51.7 Å². The molecule has 9 heteroatoms. The number of halogens is 1. The zero-order valence-electron chi connectivity index (χ0n) is 26.4. The van der Waals surface area contributed by atoms with Crippen molar-refractivity contribution in [1.29, 1.82) is 0 Å². The third-order valence-corrected chi connectivity index (χ3v) is 9.09. The SMILES string of the molecule is CCC1=C(Nc2ccc(N3CCN(C(C)C)CC3)cc2)N=c2c(cc(-c3ccc(-c4ncccn4)cc3Cl)c(=O)n2CC)=CC1. The summed E-state index contributed by atoms with van der Waals surface area (Å²) in [4.78, 5) is 32.6. The number of allylic oxidation sites excluding steroid dienone is 1. The molecular formula is C36H40ClN7O. The quantitative estimate of drug-likeness (QED) is 0.271. The molecule has 232 valence electrons. The summed E-state index contributed by atoms with van der Waals surface area (Å²) in [5.41, 5.74) is 5.95. The van der Waals surface area contributed by atoms with Gasteiger partial charge in [-0.15, -0.1) is 0 Å². The van der Waals surface area contributed by atoms with Gasteiger partial charge in [-0.1, -0.05) is 36.7 Å². The van der Waals surface area contributed by atoms with Crippen molar-refractivity contribution >= 4 is 29.1 Å². The Bertz CT molecular complexity index is 1890. The van der Waals surface area contributed by atoms with Gasteiger partial charge >= 0.3 is 0 Å². The van der Waals surface area contributed by atoms with Crippen LogP contribution in [0.2, 0.25) is 5.02 Å². The van der Waals surface area contributed by atoms with Crippen LogP contribution >= 0.6 is 11.6 Å². The molecule has 0 atom stereocenters. The van der Waals surface area contributed by atoms with E-state index < -0.39 is 0 Å². The summed E-state index contributed by atoms with van der Waals surface area (Å²) in [5.74, 6) is 1.38. The lowest BCUT2D eigenvalue weighted by Gasteiger charge is -2.38. The van der Waals surface area contributed by atoms with Crippen LogP contribution in [0.1, 0.15) is 40.5 Å². The van der Waals surface area contributed by atoms with Crippen molar-refractivity contribution in [2.45, 2.75) is 53.1 Å². The number of anilines is 2. The Morgan fingerprint density at radius 3 is 2.31 bits per heavy atom. The van der Waals surface area contributed by atoms with Gasteiger partial charge in [0.05, 0.1) is 0 Å². The van der Waals surface area contributed by atoms with Crippen molar-refractivity contribution in [1.82, 2.24) is 19.4 Å². The predicted octanol–water partition coefficient (Wildman–Crippen LogP) is 5.71. The van der Waals surface area contributed by atoms with Crippen LogP contribution in [0.25, 0.3) is 28.6 Å². The highest BCUT2D eigenvalue weighted by Crippen LogP contribution is 2.29. The molecule has 1 fully saturated rings. The fraction of sp³-hybridized carbons (Fsp3) is 0.333. The van der Waals surface area contributed by atoms with E-state index in [1.54, 1.807) is 23.0 Å². The maximum Gasteiger partial charge on any atom is 0.260 e. The molecule has 4 aromatic rings. The molecule has 2 aliphatic heterocycles. The van der Waals surface area contributed by atoms with Gasteiger partial charge in [-0.2, -0.15) is 0 Å². The first-order valence-corrected chi connectivity index (χ1v) is 16.2. The molecule has 2 aromatic heterocycles. The number of piperazine rings is 1. The Hall–Kier alpha value is -4.27. The summed E-state index contributed by atoms with van der Waals surface area (Å²) in [7, 11) is 0. The van der Waals surface area contributed by atoms with Crippen LogP contribution < -0.4 is 26.5 Å². The van der Waals surface area contributed by atoms with Crippen molar-refractivity contribution in [3.63, 3.8) is 0 Å². The van der Waals surface area contributed by atoms with Crippen LogP contribution in [0.4, 0.5) is 11.4 Å². The van der Waals surface area contributed by atoms with Crippen LogP contribution in [0.15, 0.2) is 88.2 Å². The molecule has 0 spiro atoms. The summed E-state index contributed by atoms with van der Waals surface area (Å²) in [6.07, 6.45) is 7.13. The minimum Gasteiger partial charge on any atom is -0.369 e. The third kappa shape index (κ3) is 6.44. The molecule has 0 amide bonds. The van der Waals surface area contributed by atoms with Gasteiger partial charge in [-0.25, -0.2) is 15.0 Å². The van der Waals surface area contributed by atoms with Crippen molar-refractivity contribution in [2.24, 2.45) is 4.99 Å².